The number of phenols is 1. The summed E-state index contributed by atoms with van der Waals surface area (Å²) in [6.07, 6.45) is 7.45. The molecule has 0 aliphatic carbocycles. The Hall–Kier alpha value is -6.32. The fraction of sp³-hybridized carbons (Fsp3) is 0.636. The largest absolute Gasteiger partial charge is 0.508 e. The number of rotatable bonds is 21. The van der Waals surface area contributed by atoms with Gasteiger partial charge in [0.05, 0.1) is 19.4 Å². The van der Waals surface area contributed by atoms with E-state index in [4.69, 9.17) is 17.2 Å². The second kappa shape index (κ2) is 27.9. The molecule has 2 heterocycles. The van der Waals surface area contributed by atoms with Crippen LogP contribution in [0, 0.1) is 0 Å². The van der Waals surface area contributed by atoms with E-state index >= 15 is 0 Å². The van der Waals surface area contributed by atoms with Crippen molar-refractivity contribution in [3.8, 4) is 5.75 Å². The fourth-order valence-electron chi connectivity index (χ4n) is 7.87. The molecule has 2 saturated heterocycles. The van der Waals surface area contributed by atoms with Crippen molar-refractivity contribution in [2.75, 3.05) is 13.2 Å². The van der Waals surface area contributed by atoms with Gasteiger partial charge in [-0.2, -0.15) is 0 Å². The minimum absolute atomic E-state index is 0.0281. The van der Waals surface area contributed by atoms with Crippen LogP contribution in [0.5, 0.6) is 5.75 Å². The minimum Gasteiger partial charge on any atom is -0.508 e. The molecule has 0 bridgehead atoms. The molecule has 0 saturated carbocycles. The molecule has 14 N–H and O–H groups in total. The lowest BCUT2D eigenvalue weighted by molar-refractivity contribution is -0.143. The van der Waals surface area contributed by atoms with E-state index in [2.05, 4.69) is 38.8 Å². The van der Waals surface area contributed by atoms with Gasteiger partial charge in [0, 0.05) is 19.4 Å². The lowest BCUT2D eigenvalue weighted by atomic mass is 10.0. The predicted octanol–water partition coefficient (Wildman–Crippen LogP) is -1.83. The smallest absolute Gasteiger partial charge is 0.245 e. The highest BCUT2D eigenvalue weighted by atomic mass is 16.3. The number of fused-ring (bicyclic) bond motifs is 1. The number of carbonyl (C=O) groups is 10. The van der Waals surface area contributed by atoms with Crippen LogP contribution in [0.1, 0.15) is 122 Å². The first kappa shape index (κ1) is 54.0. The number of benzene rings is 1. The average molecular weight is 929 g/mol. The number of aliphatic hydroxyl groups is 1. The van der Waals surface area contributed by atoms with Crippen LogP contribution >= 0.6 is 0 Å². The van der Waals surface area contributed by atoms with E-state index in [0.717, 1.165) is 43.4 Å². The highest BCUT2D eigenvalue weighted by molar-refractivity contribution is 6.00. The summed E-state index contributed by atoms with van der Waals surface area (Å²) in [5, 5.41) is 35.0. The fourth-order valence-corrected chi connectivity index (χ4v) is 7.87. The van der Waals surface area contributed by atoms with Gasteiger partial charge in [0.25, 0.3) is 0 Å². The van der Waals surface area contributed by atoms with E-state index in [1.165, 1.54) is 37.1 Å². The third-order valence-electron chi connectivity index (χ3n) is 11.5. The summed E-state index contributed by atoms with van der Waals surface area (Å²) in [6.45, 7) is 1.13. The number of nitrogens with two attached hydrogens (primary N) is 3. The van der Waals surface area contributed by atoms with E-state index in [1.54, 1.807) is 0 Å². The second-order valence-electron chi connectivity index (χ2n) is 16.9. The van der Waals surface area contributed by atoms with Gasteiger partial charge in [-0.25, -0.2) is 0 Å². The van der Waals surface area contributed by atoms with Crippen LogP contribution in [0.15, 0.2) is 24.3 Å². The number of amides is 10. The molecule has 0 aromatic heterocycles. The molecular formula is C44H68N10O12. The van der Waals surface area contributed by atoms with E-state index in [-0.39, 0.29) is 44.4 Å². The van der Waals surface area contributed by atoms with E-state index in [0.29, 0.717) is 18.4 Å². The van der Waals surface area contributed by atoms with Crippen LogP contribution < -0.4 is 49.1 Å². The summed E-state index contributed by atoms with van der Waals surface area (Å²) in [6, 6.07) is -5.23. The topological polar surface area (TPSA) is 365 Å². The summed E-state index contributed by atoms with van der Waals surface area (Å²) < 4.78 is 0. The van der Waals surface area contributed by atoms with E-state index in [1.807, 2.05) is 0 Å². The summed E-state index contributed by atoms with van der Waals surface area (Å²) >= 11 is 0. The Morgan fingerprint density at radius 3 is 1.58 bits per heavy atom. The van der Waals surface area contributed by atoms with Crippen molar-refractivity contribution in [2.45, 2.75) is 165 Å². The highest BCUT2D eigenvalue weighted by Gasteiger charge is 2.41. The number of nitrogens with zero attached hydrogens (tertiary/aromatic N) is 1. The molecule has 66 heavy (non-hydrogen) atoms. The first-order chi connectivity index (χ1) is 31.4. The summed E-state index contributed by atoms with van der Waals surface area (Å²) in [5.41, 5.74) is 16.7. The first-order valence-corrected chi connectivity index (χ1v) is 22.8. The molecule has 0 spiro atoms. The number of nitrogens with one attached hydrogen (secondary N) is 6. The standard InChI is InChI=1S/C44H68N10O12/c1-2-3-4-5-6-7-8-9-10-11-13-28-38(60)50-30(22-26-15-17-27(56)18-16-26)39(61)51-31(23-36(46)58)40(62)49-29(19-20-35(45)57)44(66)54-21-12-14-34(54)43(65)52-32(24-37(47)59)41(63)53-33(25-55)42(64)48-28/h15-18,28-34,55-56H,2-14,19-25H2,1H3,(H2,45,57)(H2,46,58)(H2,47,59)(H,48,64)(H,49,62)(H,50,60)(H,51,61)(H,52,65)(H,53,63)/t28-,29+,30-,31-,32-,33+,34+/m1/s1. The van der Waals surface area contributed by atoms with Gasteiger partial charge in [-0.3, -0.25) is 47.9 Å². The van der Waals surface area contributed by atoms with Gasteiger partial charge in [0.15, 0.2) is 0 Å². The first-order valence-electron chi connectivity index (χ1n) is 22.8. The molecule has 2 fully saturated rings. The number of aliphatic hydroxyl groups excluding tert-OH is 1. The van der Waals surface area contributed by atoms with Crippen molar-refractivity contribution in [3.63, 3.8) is 0 Å². The minimum atomic E-state index is -1.75. The number of hydrogen-bond donors (Lipinski definition) is 11. The highest BCUT2D eigenvalue weighted by Crippen LogP contribution is 2.21. The quantitative estimate of drug-likeness (QED) is 0.0607. The summed E-state index contributed by atoms with van der Waals surface area (Å²) in [7, 11) is 0. The molecule has 1 aromatic rings. The van der Waals surface area contributed by atoms with Crippen molar-refractivity contribution in [3.05, 3.63) is 29.8 Å². The number of phenolic OH excluding ortho intramolecular Hbond substituents is 1. The molecule has 0 unspecified atom stereocenters. The maximum atomic E-state index is 14.2. The zero-order valence-corrected chi connectivity index (χ0v) is 37.6. The zero-order valence-electron chi connectivity index (χ0n) is 37.6. The molecule has 2 aliphatic rings. The molecule has 22 nitrogen and oxygen atoms in total. The van der Waals surface area contributed by atoms with E-state index in [9.17, 15) is 58.2 Å². The van der Waals surface area contributed by atoms with Gasteiger partial charge >= 0.3 is 0 Å². The Balaban J connectivity index is 2.08. The number of carbonyl (C=O) groups excluding carboxylic acids is 10. The average Bonchev–Trinajstić information content (AvgIpc) is 3.76. The zero-order chi connectivity index (χ0) is 48.8. The third-order valence-corrected chi connectivity index (χ3v) is 11.5. The third kappa shape index (κ3) is 18.3. The molecule has 0 radical (unpaired) electrons. The van der Waals surface area contributed by atoms with Gasteiger partial charge in [-0.15, -0.1) is 0 Å². The van der Waals surface area contributed by atoms with Gasteiger partial charge < -0.3 is 64.2 Å². The SMILES string of the molecule is CCCCCCCCCCCC[C@H]1NC(=O)[C@H](CO)NC(=O)[C@@H](CC(N)=O)NC(=O)[C@@H]2CCCN2C(=O)[C@H](CCC(N)=O)NC(=O)[C@@H](CC(N)=O)NC(=O)[C@@H](Cc2ccc(O)cc2)NC1=O. The lowest BCUT2D eigenvalue weighted by Gasteiger charge is -2.30. The van der Waals surface area contributed by atoms with Crippen molar-refractivity contribution >= 4 is 59.1 Å². The molecule has 2 aliphatic heterocycles. The Kier molecular flexibility index (Phi) is 22.8. The van der Waals surface area contributed by atoms with Crippen LogP contribution in [-0.2, 0) is 54.4 Å². The Labute approximate surface area is 384 Å². The molecule has 22 heteroatoms. The Morgan fingerprint density at radius 2 is 1.03 bits per heavy atom. The van der Waals surface area contributed by atoms with Crippen LogP contribution in [0.4, 0.5) is 0 Å². The molecular weight excluding hydrogens is 861 g/mol. The Bertz CT molecular complexity index is 1860. The van der Waals surface area contributed by atoms with Crippen LogP contribution in [0.25, 0.3) is 0 Å². The maximum Gasteiger partial charge on any atom is 0.245 e. The number of unbranched alkanes of at least 4 members (excludes halogenated alkanes) is 9. The van der Waals surface area contributed by atoms with Crippen molar-refractivity contribution in [1.29, 1.82) is 0 Å². The van der Waals surface area contributed by atoms with Gasteiger partial charge in [-0.1, -0.05) is 83.3 Å². The van der Waals surface area contributed by atoms with Crippen molar-refractivity contribution in [2.24, 2.45) is 17.2 Å². The van der Waals surface area contributed by atoms with E-state index < -0.39 is 127 Å². The van der Waals surface area contributed by atoms with Crippen molar-refractivity contribution < 1.29 is 58.2 Å². The summed E-state index contributed by atoms with van der Waals surface area (Å²) in [4.78, 5) is 135. The molecule has 1 aromatic carbocycles. The predicted molar refractivity (Wildman–Crippen MR) is 238 cm³/mol. The van der Waals surface area contributed by atoms with Gasteiger partial charge in [-0.05, 0) is 43.4 Å². The van der Waals surface area contributed by atoms with Crippen LogP contribution in [0.3, 0.4) is 0 Å². The van der Waals surface area contributed by atoms with Crippen molar-refractivity contribution in [1.82, 2.24) is 36.8 Å². The molecule has 7 atom stereocenters. The molecule has 10 amide bonds. The van der Waals surface area contributed by atoms with Gasteiger partial charge in [0.2, 0.25) is 59.1 Å². The van der Waals surface area contributed by atoms with Crippen LogP contribution in [-0.4, -0.2) is 130 Å². The second-order valence-corrected chi connectivity index (χ2v) is 16.9. The monoisotopic (exact) mass is 929 g/mol. The molecule has 3 rings (SSSR count). The number of primary amides is 3. The number of aromatic hydroxyl groups is 1. The Morgan fingerprint density at radius 1 is 0.576 bits per heavy atom. The maximum absolute atomic E-state index is 14.2. The normalized spacial score (nSPS) is 23.8. The van der Waals surface area contributed by atoms with Gasteiger partial charge in [0.1, 0.15) is 48.0 Å². The number of hydrogen-bond acceptors (Lipinski definition) is 12. The summed E-state index contributed by atoms with van der Waals surface area (Å²) in [5.74, 6) is -9.87. The lowest BCUT2D eigenvalue weighted by Crippen LogP contribution is -2.60. The van der Waals surface area contributed by atoms with Crippen LogP contribution in [0.2, 0.25) is 0 Å². The molecule has 366 valence electrons.